The molecular weight excluding hydrogens is 227 g/mol. The Balaban J connectivity index is 3.82. The molecule has 0 unspecified atom stereocenters. The summed E-state index contributed by atoms with van der Waals surface area (Å²) in [6, 6.07) is 0. The fourth-order valence-electron chi connectivity index (χ4n) is 0.200. The zero-order chi connectivity index (χ0) is 6.78. The lowest BCUT2D eigenvalue weighted by atomic mass is 10.3. The molecule has 0 amide bonds. The van der Waals surface area contributed by atoms with Crippen molar-refractivity contribution in [1.29, 1.82) is 5.41 Å². The molecule has 0 heterocycles. The van der Waals surface area contributed by atoms with Crippen LogP contribution in [0.3, 0.4) is 0 Å². The monoisotopic (exact) mass is 233 g/mol. The van der Waals surface area contributed by atoms with Crippen LogP contribution >= 0.6 is 22.6 Å². The molecule has 8 heavy (non-hydrogen) atoms. The van der Waals surface area contributed by atoms with Crippen LogP contribution in [0.25, 0.3) is 0 Å². The number of alkyl halides is 3. The Bertz CT molecular complexity index is 96.7. The van der Waals surface area contributed by atoms with Crippen LogP contribution < -0.4 is 0 Å². The largest absolute Gasteiger partial charge is 0.333 e. The van der Waals surface area contributed by atoms with Crippen LogP contribution in [0.2, 0.25) is 0 Å². The van der Waals surface area contributed by atoms with Gasteiger partial charge in [0.05, 0.1) is 5.71 Å². The maximum atomic E-state index is 11.9. The van der Waals surface area contributed by atoms with Crippen molar-refractivity contribution >= 4 is 28.3 Å². The molecule has 0 aliphatic rings. The summed E-state index contributed by atoms with van der Waals surface area (Å²) in [4.78, 5) is 0. The van der Waals surface area contributed by atoms with E-state index in [1.54, 1.807) is 0 Å². The van der Waals surface area contributed by atoms with E-state index in [1.807, 2.05) is 0 Å². The summed E-state index contributed by atoms with van der Waals surface area (Å²) in [5, 5.41) is 6.63. The second-order valence-corrected chi connectivity index (χ2v) is 2.68. The van der Waals surface area contributed by atoms with Gasteiger partial charge in [-0.1, -0.05) is 6.92 Å². The van der Waals surface area contributed by atoms with Crippen molar-refractivity contribution in [2.75, 3.05) is 0 Å². The molecule has 0 aliphatic carbocycles. The Labute approximate surface area is 60.1 Å². The molecule has 0 spiro atoms. The normalized spacial score (nSPS) is 11.5. The quantitative estimate of drug-likeness (QED) is 0.430. The Morgan fingerprint density at radius 2 is 2.12 bits per heavy atom. The smallest absolute Gasteiger partial charge is 0.303 e. The van der Waals surface area contributed by atoms with Crippen LogP contribution in [0.5, 0.6) is 0 Å². The Morgan fingerprint density at radius 3 is 2.12 bits per heavy atom. The Kier molecular flexibility index (Phi) is 2.79. The molecule has 48 valence electrons. The summed E-state index contributed by atoms with van der Waals surface area (Å²) in [5.74, 6) is 0. The van der Waals surface area contributed by atoms with Gasteiger partial charge < -0.3 is 5.41 Å². The first kappa shape index (κ1) is 8.26. The molecule has 0 saturated carbocycles. The van der Waals surface area contributed by atoms with E-state index in [-0.39, 0.29) is 6.42 Å². The SMILES string of the molecule is CCC(=N)C(F)(F)I. The van der Waals surface area contributed by atoms with E-state index >= 15 is 0 Å². The van der Waals surface area contributed by atoms with Crippen molar-refractivity contribution in [2.24, 2.45) is 0 Å². The topological polar surface area (TPSA) is 23.9 Å². The minimum Gasteiger partial charge on any atom is -0.303 e. The van der Waals surface area contributed by atoms with Gasteiger partial charge in [0.2, 0.25) is 0 Å². The highest BCUT2D eigenvalue weighted by molar-refractivity contribution is 14.1. The lowest BCUT2D eigenvalue weighted by molar-refractivity contribution is 0.202. The highest BCUT2D eigenvalue weighted by atomic mass is 127. The first-order valence-electron chi connectivity index (χ1n) is 2.13. The average Bonchev–Trinajstić information content (AvgIpc) is 1.62. The maximum Gasteiger partial charge on any atom is 0.333 e. The maximum absolute atomic E-state index is 11.9. The summed E-state index contributed by atoms with van der Waals surface area (Å²) < 4.78 is 20.8. The van der Waals surface area contributed by atoms with Crippen molar-refractivity contribution in [3.8, 4) is 0 Å². The van der Waals surface area contributed by atoms with Gasteiger partial charge in [-0.15, -0.1) is 0 Å². The van der Waals surface area contributed by atoms with Crippen molar-refractivity contribution in [1.82, 2.24) is 0 Å². The average molecular weight is 233 g/mol. The predicted molar refractivity (Wildman–Crippen MR) is 37.0 cm³/mol. The van der Waals surface area contributed by atoms with E-state index < -0.39 is 9.64 Å². The number of hydrogen-bond donors (Lipinski definition) is 1. The third-order valence-electron chi connectivity index (χ3n) is 0.696. The molecule has 0 aliphatic heterocycles. The van der Waals surface area contributed by atoms with Crippen molar-refractivity contribution in [3.63, 3.8) is 0 Å². The molecule has 0 saturated heterocycles. The first-order chi connectivity index (χ1) is 3.48. The minimum absolute atomic E-state index is 0.121. The fraction of sp³-hybridized carbons (Fsp3) is 0.750. The van der Waals surface area contributed by atoms with E-state index in [0.29, 0.717) is 0 Å². The molecule has 0 rings (SSSR count). The van der Waals surface area contributed by atoms with Gasteiger partial charge in [-0.3, -0.25) is 0 Å². The molecule has 0 aromatic carbocycles. The molecule has 4 heteroatoms. The minimum atomic E-state index is -2.94. The van der Waals surface area contributed by atoms with Crippen LogP contribution in [0, 0.1) is 5.41 Å². The van der Waals surface area contributed by atoms with Gasteiger partial charge in [0, 0.05) is 22.6 Å². The van der Waals surface area contributed by atoms with E-state index in [9.17, 15) is 8.78 Å². The molecule has 0 fully saturated rings. The van der Waals surface area contributed by atoms with E-state index in [1.165, 1.54) is 6.92 Å². The highest BCUT2D eigenvalue weighted by Crippen LogP contribution is 2.24. The van der Waals surface area contributed by atoms with Crippen molar-refractivity contribution in [3.05, 3.63) is 0 Å². The number of rotatable bonds is 2. The number of halogens is 3. The molecule has 0 aromatic heterocycles. The Hall–Kier alpha value is 0.260. The highest BCUT2D eigenvalue weighted by Gasteiger charge is 2.28. The van der Waals surface area contributed by atoms with E-state index in [2.05, 4.69) is 0 Å². The summed E-state index contributed by atoms with van der Waals surface area (Å²) in [6.07, 6.45) is 0.121. The van der Waals surface area contributed by atoms with Gasteiger partial charge in [-0.25, -0.2) is 0 Å². The van der Waals surface area contributed by atoms with E-state index in [4.69, 9.17) is 5.41 Å². The van der Waals surface area contributed by atoms with Crippen LogP contribution in [0.1, 0.15) is 13.3 Å². The van der Waals surface area contributed by atoms with Gasteiger partial charge >= 0.3 is 3.93 Å². The predicted octanol–water partition coefficient (Wildman–Crippen LogP) is 2.44. The molecular formula is C4H6F2IN. The first-order valence-corrected chi connectivity index (χ1v) is 3.21. The zero-order valence-corrected chi connectivity index (χ0v) is 6.50. The third kappa shape index (κ3) is 2.54. The van der Waals surface area contributed by atoms with Crippen LogP contribution in [-0.4, -0.2) is 9.64 Å². The van der Waals surface area contributed by atoms with E-state index in [0.717, 1.165) is 22.6 Å². The molecule has 0 aromatic rings. The molecule has 1 nitrogen and oxygen atoms in total. The summed E-state index contributed by atoms with van der Waals surface area (Å²) in [5.41, 5.74) is -0.516. The zero-order valence-electron chi connectivity index (χ0n) is 4.34. The van der Waals surface area contributed by atoms with Gasteiger partial charge in [-0.05, 0) is 6.42 Å². The van der Waals surface area contributed by atoms with Crippen LogP contribution in [-0.2, 0) is 0 Å². The van der Waals surface area contributed by atoms with Crippen molar-refractivity contribution in [2.45, 2.75) is 17.3 Å². The summed E-state index contributed by atoms with van der Waals surface area (Å²) in [7, 11) is 0. The summed E-state index contributed by atoms with van der Waals surface area (Å²) in [6.45, 7) is 1.54. The third-order valence-corrected chi connectivity index (χ3v) is 1.35. The van der Waals surface area contributed by atoms with Crippen LogP contribution in [0.15, 0.2) is 0 Å². The van der Waals surface area contributed by atoms with Gasteiger partial charge in [-0.2, -0.15) is 8.78 Å². The lowest BCUT2D eigenvalue weighted by Gasteiger charge is -2.05. The lowest BCUT2D eigenvalue weighted by Crippen LogP contribution is -2.17. The molecule has 0 bridgehead atoms. The van der Waals surface area contributed by atoms with Gasteiger partial charge in [0.25, 0.3) is 0 Å². The van der Waals surface area contributed by atoms with Crippen molar-refractivity contribution < 1.29 is 8.78 Å². The molecule has 1 N–H and O–H groups in total. The summed E-state index contributed by atoms with van der Waals surface area (Å²) >= 11 is 0.945. The Morgan fingerprint density at radius 1 is 1.75 bits per heavy atom. The second kappa shape index (κ2) is 2.70. The molecule has 0 atom stereocenters. The van der Waals surface area contributed by atoms with Gasteiger partial charge in [0.15, 0.2) is 0 Å². The second-order valence-electron chi connectivity index (χ2n) is 1.33. The van der Waals surface area contributed by atoms with Gasteiger partial charge in [0.1, 0.15) is 0 Å². The standard InChI is InChI=1S/C4H6F2IN/c1-2-3(8)4(5,6)7/h8H,2H2,1H3. The molecule has 0 radical (unpaired) electrons. The fourth-order valence-corrected chi connectivity index (χ4v) is 0.582. The number of hydrogen-bond acceptors (Lipinski definition) is 1. The number of nitrogens with one attached hydrogen (secondary N) is 1. The van der Waals surface area contributed by atoms with Crippen LogP contribution in [0.4, 0.5) is 8.78 Å².